The Morgan fingerprint density at radius 1 is 0.318 bits per heavy atom. The maximum Gasteiger partial charge on any atom is 0.306 e. The molecule has 0 amide bonds. The molecule has 0 heterocycles. The standard InChI is InChI=1S/C60H104O6/c1-4-7-10-13-16-19-22-25-27-29-30-31-33-35-38-41-44-47-50-53-59(62)65-56-57(55-64-58(61)52-49-46-43-40-37-34-24-21-18-15-12-9-6-3)66-60(63)54-51-48-45-42-39-36-32-28-26-23-20-17-14-11-8-5-2/h7,10,16,19,25,27,30-31,34,37,43,46,57H,4-6,8-9,11-15,17-18,20-24,26,28-29,32-33,35-36,38-42,44-45,47-56H2,1-3H3/b10-7-,19-16-,27-25-,31-30-,37-34-,46-43-. The lowest BCUT2D eigenvalue weighted by Gasteiger charge is -2.18. The molecule has 6 nitrogen and oxygen atoms in total. The van der Waals surface area contributed by atoms with E-state index < -0.39 is 6.10 Å². The second-order valence-corrected chi connectivity index (χ2v) is 18.5. The Hall–Kier alpha value is -3.15. The molecule has 0 aliphatic heterocycles. The Morgan fingerprint density at radius 2 is 0.621 bits per heavy atom. The number of ether oxygens (including phenoxy) is 3. The fourth-order valence-corrected chi connectivity index (χ4v) is 7.78. The Bertz CT molecular complexity index is 1240. The molecule has 0 fully saturated rings. The minimum Gasteiger partial charge on any atom is -0.462 e. The normalized spacial score (nSPS) is 12.6. The Kier molecular flexibility index (Phi) is 51.9. The molecule has 1 atom stereocenters. The van der Waals surface area contributed by atoms with Gasteiger partial charge in [0.05, 0.1) is 0 Å². The number of carbonyl (C=O) groups excluding carboxylic acids is 3. The van der Waals surface area contributed by atoms with Crippen molar-refractivity contribution in [2.75, 3.05) is 13.2 Å². The summed E-state index contributed by atoms with van der Waals surface area (Å²) in [5.74, 6) is -0.973. The molecular weight excluding hydrogens is 817 g/mol. The molecule has 0 aromatic rings. The highest BCUT2D eigenvalue weighted by Crippen LogP contribution is 2.16. The number of carbonyl (C=O) groups is 3. The fourth-order valence-electron chi connectivity index (χ4n) is 7.78. The maximum atomic E-state index is 12.8. The van der Waals surface area contributed by atoms with Crippen LogP contribution in [0.1, 0.15) is 271 Å². The van der Waals surface area contributed by atoms with Crippen LogP contribution in [0.3, 0.4) is 0 Å². The van der Waals surface area contributed by atoms with E-state index in [1.54, 1.807) is 0 Å². The van der Waals surface area contributed by atoms with Gasteiger partial charge in [-0.05, 0) is 77.0 Å². The van der Waals surface area contributed by atoms with E-state index in [4.69, 9.17) is 14.2 Å². The molecule has 0 aromatic heterocycles. The van der Waals surface area contributed by atoms with Crippen LogP contribution >= 0.6 is 0 Å². The summed E-state index contributed by atoms with van der Waals surface area (Å²) < 4.78 is 16.8. The largest absolute Gasteiger partial charge is 0.462 e. The lowest BCUT2D eigenvalue weighted by molar-refractivity contribution is -0.166. The molecule has 0 saturated carbocycles. The minimum atomic E-state index is -0.802. The lowest BCUT2D eigenvalue weighted by atomic mass is 10.0. The van der Waals surface area contributed by atoms with Crippen molar-refractivity contribution in [2.24, 2.45) is 0 Å². The predicted molar refractivity (Wildman–Crippen MR) is 284 cm³/mol. The molecule has 1 unspecified atom stereocenters. The monoisotopic (exact) mass is 921 g/mol. The molecule has 0 aliphatic carbocycles. The number of esters is 3. The summed E-state index contributed by atoms with van der Waals surface area (Å²) >= 11 is 0. The van der Waals surface area contributed by atoms with Crippen molar-refractivity contribution >= 4 is 17.9 Å². The van der Waals surface area contributed by atoms with Crippen LogP contribution in [0.15, 0.2) is 72.9 Å². The Morgan fingerprint density at radius 3 is 1.02 bits per heavy atom. The van der Waals surface area contributed by atoms with Gasteiger partial charge in [0.2, 0.25) is 0 Å². The lowest BCUT2D eigenvalue weighted by Crippen LogP contribution is -2.30. The van der Waals surface area contributed by atoms with E-state index in [1.807, 2.05) is 6.08 Å². The number of hydrogen-bond acceptors (Lipinski definition) is 6. The second-order valence-electron chi connectivity index (χ2n) is 18.5. The third-order valence-corrected chi connectivity index (χ3v) is 12.0. The van der Waals surface area contributed by atoms with Gasteiger partial charge in [0, 0.05) is 19.3 Å². The summed E-state index contributed by atoms with van der Waals surface area (Å²) in [4.78, 5) is 38.1. The van der Waals surface area contributed by atoms with Crippen LogP contribution in [0.25, 0.3) is 0 Å². The van der Waals surface area contributed by atoms with E-state index in [0.29, 0.717) is 19.3 Å². The third kappa shape index (κ3) is 51.8. The third-order valence-electron chi connectivity index (χ3n) is 12.0. The molecular formula is C60H104O6. The average Bonchev–Trinajstić information content (AvgIpc) is 3.31. The van der Waals surface area contributed by atoms with E-state index in [1.165, 1.54) is 135 Å². The van der Waals surface area contributed by atoms with Gasteiger partial charge in [-0.1, -0.05) is 248 Å². The van der Waals surface area contributed by atoms with Crippen LogP contribution < -0.4 is 0 Å². The molecule has 0 aromatic carbocycles. The highest BCUT2D eigenvalue weighted by molar-refractivity contribution is 5.71. The zero-order valence-corrected chi connectivity index (χ0v) is 43.4. The van der Waals surface area contributed by atoms with Gasteiger partial charge in [0.15, 0.2) is 6.10 Å². The van der Waals surface area contributed by atoms with Gasteiger partial charge in [-0.25, -0.2) is 0 Å². The van der Waals surface area contributed by atoms with Crippen LogP contribution in [0, 0.1) is 0 Å². The average molecular weight is 921 g/mol. The van der Waals surface area contributed by atoms with Crippen LogP contribution in [-0.4, -0.2) is 37.2 Å². The molecule has 0 rings (SSSR count). The topological polar surface area (TPSA) is 78.9 Å². The van der Waals surface area contributed by atoms with E-state index in [-0.39, 0.29) is 37.5 Å². The molecule has 0 N–H and O–H groups in total. The summed E-state index contributed by atoms with van der Waals surface area (Å²) in [6.45, 7) is 6.47. The highest BCUT2D eigenvalue weighted by Gasteiger charge is 2.19. The second kappa shape index (κ2) is 54.5. The van der Waals surface area contributed by atoms with Gasteiger partial charge < -0.3 is 14.2 Å². The van der Waals surface area contributed by atoms with Crippen molar-refractivity contribution in [1.29, 1.82) is 0 Å². The van der Waals surface area contributed by atoms with Crippen molar-refractivity contribution in [3.63, 3.8) is 0 Å². The summed E-state index contributed by atoms with van der Waals surface area (Å²) in [6, 6.07) is 0. The summed E-state index contributed by atoms with van der Waals surface area (Å²) in [6.07, 6.45) is 69.0. The van der Waals surface area contributed by atoms with Gasteiger partial charge in [0.1, 0.15) is 13.2 Å². The van der Waals surface area contributed by atoms with Gasteiger partial charge in [-0.15, -0.1) is 0 Å². The van der Waals surface area contributed by atoms with E-state index in [2.05, 4.69) is 87.6 Å². The summed E-state index contributed by atoms with van der Waals surface area (Å²) in [5, 5.41) is 0. The highest BCUT2D eigenvalue weighted by atomic mass is 16.6. The first-order chi connectivity index (χ1) is 32.5. The molecule has 0 radical (unpaired) electrons. The molecule has 0 spiro atoms. The first-order valence-electron chi connectivity index (χ1n) is 27.9. The number of hydrogen-bond donors (Lipinski definition) is 0. The van der Waals surface area contributed by atoms with Gasteiger partial charge in [-0.2, -0.15) is 0 Å². The van der Waals surface area contributed by atoms with E-state index >= 15 is 0 Å². The maximum absolute atomic E-state index is 12.8. The van der Waals surface area contributed by atoms with Crippen LogP contribution in [-0.2, 0) is 28.6 Å². The van der Waals surface area contributed by atoms with Crippen LogP contribution in [0.4, 0.5) is 0 Å². The summed E-state index contributed by atoms with van der Waals surface area (Å²) in [5.41, 5.74) is 0. The van der Waals surface area contributed by atoms with Gasteiger partial charge in [0.25, 0.3) is 0 Å². The van der Waals surface area contributed by atoms with Crippen molar-refractivity contribution in [1.82, 2.24) is 0 Å². The minimum absolute atomic E-state index is 0.0981. The number of allylic oxidation sites excluding steroid dienone is 12. The Balaban J connectivity index is 4.43. The van der Waals surface area contributed by atoms with Crippen molar-refractivity contribution in [3.05, 3.63) is 72.9 Å². The molecule has 380 valence electrons. The smallest absolute Gasteiger partial charge is 0.306 e. The number of unbranched alkanes of at least 4 members (excludes halogenated alkanes) is 27. The van der Waals surface area contributed by atoms with Crippen LogP contribution in [0.2, 0.25) is 0 Å². The van der Waals surface area contributed by atoms with E-state index in [9.17, 15) is 14.4 Å². The van der Waals surface area contributed by atoms with Gasteiger partial charge in [-0.3, -0.25) is 14.4 Å². The first kappa shape index (κ1) is 62.8. The van der Waals surface area contributed by atoms with Crippen molar-refractivity contribution in [3.8, 4) is 0 Å². The molecule has 0 aliphatic rings. The van der Waals surface area contributed by atoms with Crippen LogP contribution in [0.5, 0.6) is 0 Å². The molecule has 0 bridgehead atoms. The molecule has 0 saturated heterocycles. The predicted octanol–water partition coefficient (Wildman–Crippen LogP) is 18.6. The zero-order valence-electron chi connectivity index (χ0n) is 43.4. The van der Waals surface area contributed by atoms with Gasteiger partial charge >= 0.3 is 17.9 Å². The molecule has 66 heavy (non-hydrogen) atoms. The number of rotatable bonds is 50. The SMILES string of the molecule is CC/C=C\C/C=C\C/C=C\C/C=C\CCCCCCCCC(=O)OCC(COC(=O)CC/C=C\C/C=C\CCCCCCCC)OC(=O)CCCCCCCCCCCCCCCCCC. The zero-order chi connectivity index (χ0) is 47.9. The molecule has 6 heteroatoms. The summed E-state index contributed by atoms with van der Waals surface area (Å²) in [7, 11) is 0. The fraction of sp³-hybridized carbons (Fsp3) is 0.750. The Labute approximate surface area is 408 Å². The first-order valence-corrected chi connectivity index (χ1v) is 27.9. The quantitative estimate of drug-likeness (QED) is 0.0262. The van der Waals surface area contributed by atoms with Crippen molar-refractivity contribution in [2.45, 2.75) is 277 Å². The van der Waals surface area contributed by atoms with E-state index in [0.717, 1.165) is 89.9 Å². The van der Waals surface area contributed by atoms with Crippen molar-refractivity contribution < 1.29 is 28.6 Å².